The predicted molar refractivity (Wildman–Crippen MR) is 167 cm³/mol. The molecule has 0 saturated carbocycles. The molecule has 2 aromatic rings. The lowest BCUT2D eigenvalue weighted by molar-refractivity contribution is -0.149. The molecule has 0 bridgehead atoms. The van der Waals surface area contributed by atoms with Gasteiger partial charge in [-0.3, -0.25) is 14.4 Å². The molecular weight excluding hydrogens is 595 g/mol. The first-order valence-corrected chi connectivity index (χ1v) is 16.1. The maximum Gasteiger partial charge on any atom is 0.239 e. The Kier molecular flexibility index (Phi) is 10.0. The van der Waals surface area contributed by atoms with Gasteiger partial charge >= 0.3 is 0 Å². The zero-order valence-electron chi connectivity index (χ0n) is 24.1. The molecule has 3 amide bonds. The van der Waals surface area contributed by atoms with Crippen molar-refractivity contribution in [3.63, 3.8) is 0 Å². The third-order valence-corrected chi connectivity index (χ3v) is 10.1. The molecule has 5 rings (SSSR count). The Morgan fingerprint density at radius 1 is 1.02 bits per heavy atom. The van der Waals surface area contributed by atoms with E-state index in [1.807, 2.05) is 31.2 Å². The van der Waals surface area contributed by atoms with Crippen LogP contribution in [0.5, 0.6) is 0 Å². The molecule has 1 spiro atoms. The highest BCUT2D eigenvalue weighted by molar-refractivity contribution is 6.35. The molecule has 3 heterocycles. The van der Waals surface area contributed by atoms with E-state index >= 15 is 0 Å². The van der Waals surface area contributed by atoms with Crippen LogP contribution in [0.1, 0.15) is 67.7 Å². The van der Waals surface area contributed by atoms with Gasteiger partial charge in [-0.15, -0.1) is 0 Å². The second kappa shape index (κ2) is 13.5. The predicted octanol–water partition coefficient (Wildman–Crippen LogP) is 6.03. The number of piperidine rings is 2. The van der Waals surface area contributed by atoms with Crippen molar-refractivity contribution in [1.82, 2.24) is 20.0 Å². The monoisotopic (exact) mass is 632 g/mol. The van der Waals surface area contributed by atoms with Gasteiger partial charge in [-0.2, -0.15) is 0 Å². The number of hydrogen-bond acceptors (Lipinski definition) is 4. The Hall–Kier alpha value is -2.32. The molecule has 1 N–H and O–H groups in total. The van der Waals surface area contributed by atoms with Crippen LogP contribution in [0.25, 0.3) is 0 Å². The molecule has 0 radical (unpaired) electrons. The normalized spacial score (nSPS) is 23.2. The summed E-state index contributed by atoms with van der Waals surface area (Å²) in [5, 5.41) is 4.63. The Morgan fingerprint density at radius 3 is 2.55 bits per heavy atom. The molecule has 0 aliphatic carbocycles. The Labute approximate surface area is 263 Å². The highest BCUT2D eigenvalue weighted by Gasteiger charge is 2.55. The van der Waals surface area contributed by atoms with Crippen LogP contribution in [0.4, 0.5) is 0 Å². The van der Waals surface area contributed by atoms with Crippen molar-refractivity contribution in [2.24, 2.45) is 5.41 Å². The van der Waals surface area contributed by atoms with Crippen molar-refractivity contribution < 1.29 is 14.4 Å². The molecule has 3 saturated heterocycles. The maximum atomic E-state index is 14.1. The number of nitrogens with zero attached hydrogens (tertiary/aromatic N) is 3. The van der Waals surface area contributed by atoms with Gasteiger partial charge in [0.2, 0.25) is 17.7 Å². The fraction of sp³-hybridized carbons (Fsp3) is 0.531. The first kappa shape index (κ1) is 31.1. The van der Waals surface area contributed by atoms with E-state index in [2.05, 4.69) is 10.2 Å². The lowest BCUT2D eigenvalue weighted by Gasteiger charge is -2.37. The second-order valence-corrected chi connectivity index (χ2v) is 13.2. The van der Waals surface area contributed by atoms with E-state index in [-0.39, 0.29) is 30.7 Å². The highest BCUT2D eigenvalue weighted by atomic mass is 35.5. The molecular formula is C32H39Cl3N4O3. The first-order chi connectivity index (χ1) is 20.2. The molecule has 3 aliphatic rings. The van der Waals surface area contributed by atoms with E-state index < -0.39 is 11.5 Å². The van der Waals surface area contributed by atoms with Gasteiger partial charge in [-0.05, 0) is 93.6 Å². The van der Waals surface area contributed by atoms with E-state index in [9.17, 15) is 14.4 Å². The van der Waals surface area contributed by atoms with E-state index in [1.165, 1.54) is 19.3 Å². The SMILES string of the molecule is Cc1c(Cl)cccc1CN1CC[C@@]2(CC1=O)C[C@H](c1ccc(Cl)cc1Cl)N(CC(=O)NCCCN1CCCCC1)C2=O. The van der Waals surface area contributed by atoms with E-state index in [0.717, 1.165) is 42.7 Å². The van der Waals surface area contributed by atoms with E-state index in [0.29, 0.717) is 47.5 Å². The summed E-state index contributed by atoms with van der Waals surface area (Å²) in [4.78, 5) is 46.6. The Bertz CT molecular complexity index is 1330. The lowest BCUT2D eigenvalue weighted by atomic mass is 9.75. The Balaban J connectivity index is 1.28. The van der Waals surface area contributed by atoms with Crippen LogP contribution in [0.2, 0.25) is 15.1 Å². The molecule has 7 nitrogen and oxygen atoms in total. The van der Waals surface area contributed by atoms with Crippen molar-refractivity contribution in [2.45, 2.75) is 64.5 Å². The number of amides is 3. The summed E-state index contributed by atoms with van der Waals surface area (Å²) in [6, 6.07) is 10.5. The first-order valence-electron chi connectivity index (χ1n) is 14.9. The third-order valence-electron chi connectivity index (χ3n) is 9.18. The number of hydrogen-bond donors (Lipinski definition) is 1. The van der Waals surface area contributed by atoms with Crippen molar-refractivity contribution in [2.75, 3.05) is 39.3 Å². The largest absolute Gasteiger partial charge is 0.355 e. The number of benzene rings is 2. The van der Waals surface area contributed by atoms with Gasteiger partial charge in [0.05, 0.1) is 11.5 Å². The van der Waals surface area contributed by atoms with Crippen LogP contribution < -0.4 is 5.32 Å². The minimum absolute atomic E-state index is 0.0704. The summed E-state index contributed by atoms with van der Waals surface area (Å²) in [5.41, 5.74) is 1.82. The zero-order valence-corrected chi connectivity index (χ0v) is 26.4. The summed E-state index contributed by atoms with van der Waals surface area (Å²) < 4.78 is 0. The van der Waals surface area contributed by atoms with E-state index in [4.69, 9.17) is 34.8 Å². The molecule has 226 valence electrons. The molecule has 3 fully saturated rings. The number of carbonyl (C=O) groups excluding carboxylic acids is 3. The standard InChI is InChI=1S/C32H39Cl3N4O3/c1-22-23(7-5-8-26(22)34)20-38-16-11-32(19-30(38)41)18-28(25-10-9-24(33)17-27(25)35)39(31(32)42)21-29(40)36-12-6-15-37-13-3-2-4-14-37/h5,7-10,17,28H,2-4,6,11-16,18-21H2,1H3,(H,36,40)/t28-,32+/m1/s1. The fourth-order valence-electron chi connectivity index (χ4n) is 6.69. The molecule has 10 heteroatoms. The van der Waals surface area contributed by atoms with Crippen molar-refractivity contribution >= 4 is 52.5 Å². The summed E-state index contributed by atoms with van der Waals surface area (Å²) in [7, 11) is 0. The molecule has 2 aromatic carbocycles. The van der Waals surface area contributed by atoms with Crippen LogP contribution in [0.15, 0.2) is 36.4 Å². The van der Waals surface area contributed by atoms with E-state index in [1.54, 1.807) is 21.9 Å². The van der Waals surface area contributed by atoms with Gasteiger partial charge in [0, 0.05) is 41.1 Å². The van der Waals surface area contributed by atoms with Crippen molar-refractivity contribution in [3.05, 3.63) is 68.2 Å². The number of halogens is 3. The molecule has 3 aliphatic heterocycles. The van der Waals surface area contributed by atoms with Crippen LogP contribution in [0.3, 0.4) is 0 Å². The minimum atomic E-state index is -0.876. The molecule has 42 heavy (non-hydrogen) atoms. The lowest BCUT2D eigenvalue weighted by Crippen LogP contribution is -2.48. The summed E-state index contributed by atoms with van der Waals surface area (Å²) in [6.45, 7) is 6.54. The van der Waals surface area contributed by atoms with Gasteiger partial charge in [0.25, 0.3) is 0 Å². The average molecular weight is 634 g/mol. The van der Waals surface area contributed by atoms with Gasteiger partial charge in [-0.25, -0.2) is 0 Å². The fourth-order valence-corrected chi connectivity index (χ4v) is 7.41. The quantitative estimate of drug-likeness (QED) is 0.343. The number of rotatable bonds is 9. The maximum absolute atomic E-state index is 14.1. The van der Waals surface area contributed by atoms with Gasteiger partial charge in [0.15, 0.2) is 0 Å². The smallest absolute Gasteiger partial charge is 0.239 e. The van der Waals surface area contributed by atoms with Crippen LogP contribution in [0, 0.1) is 12.3 Å². The van der Waals surface area contributed by atoms with Crippen molar-refractivity contribution in [1.29, 1.82) is 0 Å². The number of carbonyl (C=O) groups is 3. The molecule has 2 atom stereocenters. The van der Waals surface area contributed by atoms with Gasteiger partial charge < -0.3 is 20.0 Å². The number of nitrogens with one attached hydrogen (secondary N) is 1. The summed E-state index contributed by atoms with van der Waals surface area (Å²) in [6.07, 6.45) is 5.68. The van der Waals surface area contributed by atoms with Crippen molar-refractivity contribution in [3.8, 4) is 0 Å². The Morgan fingerprint density at radius 2 is 1.81 bits per heavy atom. The van der Waals surface area contributed by atoms with Crippen LogP contribution in [-0.4, -0.2) is 71.7 Å². The summed E-state index contributed by atoms with van der Waals surface area (Å²) >= 11 is 19.1. The zero-order chi connectivity index (χ0) is 29.9. The summed E-state index contributed by atoms with van der Waals surface area (Å²) in [5.74, 6) is -0.429. The highest BCUT2D eigenvalue weighted by Crippen LogP contribution is 2.51. The van der Waals surface area contributed by atoms with Gasteiger partial charge in [-0.1, -0.05) is 59.4 Å². The molecule has 0 unspecified atom stereocenters. The average Bonchev–Trinajstić information content (AvgIpc) is 3.21. The molecule has 0 aromatic heterocycles. The van der Waals surface area contributed by atoms with Gasteiger partial charge in [0.1, 0.15) is 6.54 Å². The van der Waals surface area contributed by atoms with Crippen LogP contribution >= 0.6 is 34.8 Å². The minimum Gasteiger partial charge on any atom is -0.355 e. The topological polar surface area (TPSA) is 73.0 Å². The second-order valence-electron chi connectivity index (χ2n) is 12.0. The van der Waals surface area contributed by atoms with Crippen LogP contribution in [-0.2, 0) is 20.9 Å². The third kappa shape index (κ3) is 6.91. The number of likely N-dealkylation sites (tertiary alicyclic amines) is 3.